The number of aromatic nitrogens is 1. The highest BCUT2D eigenvalue weighted by atomic mass is 16.5. The predicted octanol–water partition coefficient (Wildman–Crippen LogP) is 4.80. The van der Waals surface area contributed by atoms with Gasteiger partial charge in [0.1, 0.15) is 13.2 Å². The average molecular weight is 319 g/mol. The topological polar surface area (TPSA) is 31.4 Å². The zero-order chi connectivity index (χ0) is 16.6. The van der Waals surface area contributed by atoms with Gasteiger partial charge in [0.25, 0.3) is 0 Å². The van der Waals surface area contributed by atoms with Crippen molar-refractivity contribution in [3.05, 3.63) is 89.7 Å². The standard InChI is InChI=1S/C21H21NO2/c1-2-19-21(24-16-18-11-7-4-8-12-18)20(13-14-22-19)23-15-17-9-5-3-6-10-17/h3-14H,2,15-16H2,1H3. The SMILES string of the molecule is CCc1nccc(OCc2ccccc2)c1OCc1ccccc1. The van der Waals surface area contributed by atoms with Gasteiger partial charge in [0.05, 0.1) is 5.69 Å². The summed E-state index contributed by atoms with van der Waals surface area (Å²) in [7, 11) is 0. The van der Waals surface area contributed by atoms with Crippen LogP contribution in [0.15, 0.2) is 72.9 Å². The number of aryl methyl sites for hydroxylation is 1. The van der Waals surface area contributed by atoms with E-state index in [-0.39, 0.29) is 0 Å². The van der Waals surface area contributed by atoms with Crippen LogP contribution in [0.1, 0.15) is 23.7 Å². The monoisotopic (exact) mass is 319 g/mol. The highest BCUT2D eigenvalue weighted by Crippen LogP contribution is 2.31. The minimum atomic E-state index is 0.501. The Morgan fingerprint density at radius 1 is 0.750 bits per heavy atom. The molecule has 24 heavy (non-hydrogen) atoms. The van der Waals surface area contributed by atoms with E-state index < -0.39 is 0 Å². The Balaban J connectivity index is 1.75. The Bertz CT molecular complexity index is 757. The first-order valence-electron chi connectivity index (χ1n) is 8.18. The summed E-state index contributed by atoms with van der Waals surface area (Å²) in [5, 5.41) is 0. The number of hydrogen-bond donors (Lipinski definition) is 0. The second kappa shape index (κ2) is 8.16. The minimum absolute atomic E-state index is 0.501. The summed E-state index contributed by atoms with van der Waals surface area (Å²) in [6.07, 6.45) is 2.57. The van der Waals surface area contributed by atoms with Crippen LogP contribution >= 0.6 is 0 Å². The number of benzene rings is 2. The number of pyridine rings is 1. The van der Waals surface area contributed by atoms with Gasteiger partial charge in [0.2, 0.25) is 0 Å². The molecule has 0 aliphatic carbocycles. The fourth-order valence-electron chi connectivity index (χ4n) is 2.46. The van der Waals surface area contributed by atoms with Crippen molar-refractivity contribution in [1.29, 1.82) is 0 Å². The van der Waals surface area contributed by atoms with E-state index in [0.29, 0.717) is 13.2 Å². The molecule has 0 aliphatic heterocycles. The fraction of sp³-hybridized carbons (Fsp3) is 0.190. The third-order valence-electron chi connectivity index (χ3n) is 3.74. The second-order valence-corrected chi connectivity index (χ2v) is 5.49. The minimum Gasteiger partial charge on any atom is -0.485 e. The maximum absolute atomic E-state index is 6.05. The first-order chi connectivity index (χ1) is 11.9. The quantitative estimate of drug-likeness (QED) is 0.627. The summed E-state index contributed by atoms with van der Waals surface area (Å²) in [4.78, 5) is 4.42. The van der Waals surface area contributed by atoms with Gasteiger partial charge in [-0.3, -0.25) is 4.98 Å². The van der Waals surface area contributed by atoms with Gasteiger partial charge in [-0.25, -0.2) is 0 Å². The first-order valence-corrected chi connectivity index (χ1v) is 8.18. The largest absolute Gasteiger partial charge is 0.485 e. The van der Waals surface area contributed by atoms with Gasteiger partial charge in [-0.15, -0.1) is 0 Å². The van der Waals surface area contributed by atoms with E-state index in [1.165, 1.54) is 0 Å². The third kappa shape index (κ3) is 4.13. The fourth-order valence-corrected chi connectivity index (χ4v) is 2.46. The lowest BCUT2D eigenvalue weighted by atomic mass is 10.2. The summed E-state index contributed by atoms with van der Waals surface area (Å²) in [5.41, 5.74) is 3.16. The average Bonchev–Trinajstić information content (AvgIpc) is 2.66. The highest BCUT2D eigenvalue weighted by molar-refractivity contribution is 5.43. The smallest absolute Gasteiger partial charge is 0.183 e. The first kappa shape index (κ1) is 16.1. The molecule has 0 unspecified atom stereocenters. The van der Waals surface area contributed by atoms with Crippen molar-refractivity contribution < 1.29 is 9.47 Å². The normalized spacial score (nSPS) is 10.4. The lowest BCUT2D eigenvalue weighted by molar-refractivity contribution is 0.252. The van der Waals surface area contributed by atoms with Gasteiger partial charge in [-0.1, -0.05) is 67.6 Å². The molecule has 0 bridgehead atoms. The predicted molar refractivity (Wildman–Crippen MR) is 95.2 cm³/mol. The zero-order valence-electron chi connectivity index (χ0n) is 13.8. The van der Waals surface area contributed by atoms with E-state index in [2.05, 4.69) is 11.9 Å². The van der Waals surface area contributed by atoms with Crippen LogP contribution in [-0.2, 0) is 19.6 Å². The van der Waals surface area contributed by atoms with Crippen LogP contribution in [0.5, 0.6) is 11.5 Å². The van der Waals surface area contributed by atoms with Crippen LogP contribution in [0.3, 0.4) is 0 Å². The van der Waals surface area contributed by atoms with Crippen LogP contribution in [0, 0.1) is 0 Å². The van der Waals surface area contributed by atoms with Crippen molar-refractivity contribution in [2.24, 2.45) is 0 Å². The maximum Gasteiger partial charge on any atom is 0.183 e. The summed E-state index contributed by atoms with van der Waals surface area (Å²) < 4.78 is 12.0. The van der Waals surface area contributed by atoms with Crippen molar-refractivity contribution in [2.45, 2.75) is 26.6 Å². The molecular formula is C21H21NO2. The molecule has 0 N–H and O–H groups in total. The molecular weight excluding hydrogens is 298 g/mol. The van der Waals surface area contributed by atoms with E-state index in [4.69, 9.17) is 9.47 Å². The van der Waals surface area contributed by atoms with Gasteiger partial charge in [-0.05, 0) is 17.5 Å². The molecule has 0 aliphatic rings. The lowest BCUT2D eigenvalue weighted by Crippen LogP contribution is -2.04. The van der Waals surface area contributed by atoms with Crippen LogP contribution in [0.4, 0.5) is 0 Å². The number of rotatable bonds is 7. The Hall–Kier alpha value is -2.81. The summed E-state index contributed by atoms with van der Waals surface area (Å²) in [6, 6.07) is 22.1. The van der Waals surface area contributed by atoms with E-state index in [0.717, 1.165) is 34.7 Å². The molecule has 3 aromatic rings. The molecule has 1 heterocycles. The molecule has 122 valence electrons. The second-order valence-electron chi connectivity index (χ2n) is 5.49. The summed E-state index contributed by atoms with van der Waals surface area (Å²) >= 11 is 0. The molecule has 0 amide bonds. The number of hydrogen-bond acceptors (Lipinski definition) is 3. The molecule has 3 nitrogen and oxygen atoms in total. The molecule has 0 saturated heterocycles. The Morgan fingerprint density at radius 3 is 1.92 bits per heavy atom. The van der Waals surface area contributed by atoms with Crippen LogP contribution in [-0.4, -0.2) is 4.98 Å². The summed E-state index contributed by atoms with van der Waals surface area (Å²) in [5.74, 6) is 1.47. The van der Waals surface area contributed by atoms with E-state index in [1.807, 2.05) is 66.7 Å². The number of nitrogens with zero attached hydrogens (tertiary/aromatic N) is 1. The van der Waals surface area contributed by atoms with Crippen LogP contribution < -0.4 is 9.47 Å². The van der Waals surface area contributed by atoms with E-state index in [1.54, 1.807) is 6.20 Å². The van der Waals surface area contributed by atoms with E-state index in [9.17, 15) is 0 Å². The molecule has 1 aromatic heterocycles. The molecule has 0 spiro atoms. The van der Waals surface area contributed by atoms with Gasteiger partial charge in [0, 0.05) is 12.3 Å². The van der Waals surface area contributed by atoms with Crippen molar-refractivity contribution in [1.82, 2.24) is 4.98 Å². The number of ether oxygens (including phenoxy) is 2. The maximum atomic E-state index is 6.05. The van der Waals surface area contributed by atoms with E-state index >= 15 is 0 Å². The molecule has 0 saturated carbocycles. The summed E-state index contributed by atoms with van der Waals surface area (Å²) in [6.45, 7) is 3.08. The van der Waals surface area contributed by atoms with Crippen molar-refractivity contribution in [3.8, 4) is 11.5 Å². The Labute approximate surface area is 142 Å². The van der Waals surface area contributed by atoms with Gasteiger partial charge in [0.15, 0.2) is 11.5 Å². The molecule has 2 aromatic carbocycles. The Kier molecular flexibility index (Phi) is 5.46. The molecule has 3 heteroatoms. The van der Waals surface area contributed by atoms with Crippen molar-refractivity contribution in [2.75, 3.05) is 0 Å². The van der Waals surface area contributed by atoms with Crippen LogP contribution in [0.2, 0.25) is 0 Å². The Morgan fingerprint density at radius 2 is 1.33 bits per heavy atom. The van der Waals surface area contributed by atoms with Gasteiger partial charge in [-0.2, -0.15) is 0 Å². The zero-order valence-corrected chi connectivity index (χ0v) is 13.8. The third-order valence-corrected chi connectivity index (χ3v) is 3.74. The van der Waals surface area contributed by atoms with Crippen molar-refractivity contribution >= 4 is 0 Å². The highest BCUT2D eigenvalue weighted by Gasteiger charge is 2.12. The van der Waals surface area contributed by atoms with Crippen molar-refractivity contribution in [3.63, 3.8) is 0 Å². The lowest BCUT2D eigenvalue weighted by Gasteiger charge is -2.15. The van der Waals surface area contributed by atoms with Gasteiger partial charge >= 0.3 is 0 Å². The molecule has 0 radical (unpaired) electrons. The molecule has 0 atom stereocenters. The molecule has 0 fully saturated rings. The molecule has 3 rings (SSSR count). The van der Waals surface area contributed by atoms with Gasteiger partial charge < -0.3 is 9.47 Å². The van der Waals surface area contributed by atoms with Crippen LogP contribution in [0.25, 0.3) is 0 Å².